The SMILES string of the molecule is O=[SH](=O)Cc1cc[c]cc1F. The second-order valence-electron chi connectivity index (χ2n) is 2.01. The maximum atomic E-state index is 12.7. The molecule has 0 aromatic heterocycles. The van der Waals surface area contributed by atoms with Crippen LogP contribution in [-0.2, 0) is 16.5 Å². The van der Waals surface area contributed by atoms with Crippen LogP contribution >= 0.6 is 0 Å². The molecule has 0 amide bonds. The Bertz CT molecular complexity index is 312. The van der Waals surface area contributed by atoms with Gasteiger partial charge in [0.1, 0.15) is 16.5 Å². The zero-order chi connectivity index (χ0) is 8.27. The Kier molecular flexibility index (Phi) is 2.59. The molecule has 59 valence electrons. The molecule has 0 spiro atoms. The van der Waals surface area contributed by atoms with Crippen LogP contribution in [0.4, 0.5) is 4.39 Å². The molecule has 0 N–H and O–H groups in total. The molecular formula is C7H6FO2S. The third kappa shape index (κ3) is 2.31. The molecule has 0 aliphatic carbocycles. The lowest BCUT2D eigenvalue weighted by molar-refractivity contribution is 0.600. The summed E-state index contributed by atoms with van der Waals surface area (Å²) in [5, 5.41) is 0. The van der Waals surface area contributed by atoms with Crippen LogP contribution in [0.15, 0.2) is 18.2 Å². The van der Waals surface area contributed by atoms with Crippen LogP contribution in [0.2, 0.25) is 0 Å². The highest BCUT2D eigenvalue weighted by Gasteiger charge is 1.99. The smallest absolute Gasteiger partial charge is 0.144 e. The maximum Gasteiger partial charge on any atom is 0.144 e. The number of hydrogen-bond acceptors (Lipinski definition) is 2. The zero-order valence-electron chi connectivity index (χ0n) is 5.58. The average Bonchev–Trinajstić information content (AvgIpc) is 1.93. The topological polar surface area (TPSA) is 34.1 Å². The van der Waals surface area contributed by atoms with Gasteiger partial charge in [-0.25, -0.2) is 12.8 Å². The second kappa shape index (κ2) is 3.48. The first-order valence-electron chi connectivity index (χ1n) is 2.96. The molecule has 1 aromatic rings. The van der Waals surface area contributed by atoms with Crippen molar-refractivity contribution in [1.29, 1.82) is 0 Å². The Balaban J connectivity index is 2.94. The quantitative estimate of drug-likeness (QED) is 0.669. The highest BCUT2D eigenvalue weighted by atomic mass is 32.2. The lowest BCUT2D eigenvalue weighted by Crippen LogP contribution is -1.90. The Morgan fingerprint density at radius 2 is 2.27 bits per heavy atom. The summed E-state index contributed by atoms with van der Waals surface area (Å²) in [6.45, 7) is 0. The van der Waals surface area contributed by atoms with E-state index >= 15 is 0 Å². The van der Waals surface area contributed by atoms with E-state index in [1.54, 1.807) is 0 Å². The van der Waals surface area contributed by atoms with Crippen LogP contribution in [0.25, 0.3) is 0 Å². The van der Waals surface area contributed by atoms with Gasteiger partial charge in [-0.05, 0) is 12.1 Å². The minimum Gasteiger partial charge on any atom is -0.232 e. The van der Waals surface area contributed by atoms with Crippen molar-refractivity contribution in [2.45, 2.75) is 5.75 Å². The third-order valence-electron chi connectivity index (χ3n) is 1.20. The minimum absolute atomic E-state index is 0.194. The third-order valence-corrected chi connectivity index (χ3v) is 1.80. The summed E-state index contributed by atoms with van der Waals surface area (Å²) in [5.41, 5.74) is 0.194. The van der Waals surface area contributed by atoms with Gasteiger partial charge in [-0.3, -0.25) is 0 Å². The molecule has 2 nitrogen and oxygen atoms in total. The van der Waals surface area contributed by atoms with Gasteiger partial charge in [0.25, 0.3) is 0 Å². The summed E-state index contributed by atoms with van der Waals surface area (Å²) in [6.07, 6.45) is 0. The lowest BCUT2D eigenvalue weighted by Gasteiger charge is -1.94. The fourth-order valence-corrected chi connectivity index (χ4v) is 1.24. The Labute approximate surface area is 65.6 Å². The maximum absolute atomic E-state index is 12.7. The highest BCUT2D eigenvalue weighted by molar-refractivity contribution is 7.71. The van der Waals surface area contributed by atoms with Gasteiger partial charge < -0.3 is 0 Å². The van der Waals surface area contributed by atoms with Crippen LogP contribution in [0.3, 0.4) is 0 Å². The first-order chi connectivity index (χ1) is 5.20. The Morgan fingerprint density at radius 3 is 2.82 bits per heavy atom. The van der Waals surface area contributed by atoms with E-state index in [0.29, 0.717) is 0 Å². The first kappa shape index (κ1) is 8.20. The predicted octanol–water partition coefficient (Wildman–Crippen LogP) is 0.737. The van der Waals surface area contributed by atoms with E-state index in [1.165, 1.54) is 12.1 Å². The summed E-state index contributed by atoms with van der Waals surface area (Å²) in [5.74, 6) is -0.762. The van der Waals surface area contributed by atoms with Crippen molar-refractivity contribution in [2.75, 3.05) is 0 Å². The van der Waals surface area contributed by atoms with Crippen molar-refractivity contribution in [3.05, 3.63) is 35.6 Å². The van der Waals surface area contributed by atoms with E-state index in [1.807, 2.05) is 0 Å². The number of benzene rings is 1. The van der Waals surface area contributed by atoms with E-state index in [0.717, 1.165) is 6.07 Å². The predicted molar refractivity (Wildman–Crippen MR) is 39.3 cm³/mol. The molecule has 0 unspecified atom stereocenters. The van der Waals surface area contributed by atoms with Gasteiger partial charge in [-0.1, -0.05) is 12.1 Å². The summed E-state index contributed by atoms with van der Waals surface area (Å²) in [7, 11) is -2.55. The van der Waals surface area contributed by atoms with Crippen LogP contribution in [0.5, 0.6) is 0 Å². The Hall–Kier alpha value is -0.900. The van der Waals surface area contributed by atoms with Gasteiger partial charge in [0.05, 0.1) is 5.75 Å². The van der Waals surface area contributed by atoms with E-state index in [4.69, 9.17) is 0 Å². The van der Waals surface area contributed by atoms with E-state index in [2.05, 4.69) is 6.07 Å². The van der Waals surface area contributed by atoms with Crippen LogP contribution < -0.4 is 0 Å². The van der Waals surface area contributed by atoms with Crippen molar-refractivity contribution < 1.29 is 12.8 Å². The van der Waals surface area contributed by atoms with Gasteiger partial charge in [0, 0.05) is 5.56 Å². The van der Waals surface area contributed by atoms with Crippen LogP contribution in [0, 0.1) is 11.9 Å². The first-order valence-corrected chi connectivity index (χ1v) is 4.32. The molecule has 1 radical (unpaired) electrons. The Morgan fingerprint density at radius 1 is 1.55 bits per heavy atom. The number of thiol groups is 1. The van der Waals surface area contributed by atoms with Crippen LogP contribution in [-0.4, -0.2) is 8.42 Å². The molecule has 0 bridgehead atoms. The van der Waals surface area contributed by atoms with E-state index in [9.17, 15) is 12.8 Å². The fourth-order valence-electron chi connectivity index (χ4n) is 0.710. The van der Waals surface area contributed by atoms with Crippen molar-refractivity contribution in [2.24, 2.45) is 0 Å². The largest absolute Gasteiger partial charge is 0.232 e. The molecule has 1 aromatic carbocycles. The molecule has 0 saturated carbocycles. The molecule has 0 saturated heterocycles. The summed E-state index contributed by atoms with van der Waals surface area (Å²) >= 11 is 0. The number of rotatable bonds is 2. The van der Waals surface area contributed by atoms with Crippen molar-refractivity contribution in [1.82, 2.24) is 0 Å². The highest BCUT2D eigenvalue weighted by Crippen LogP contribution is 2.05. The normalized spacial score (nSPS) is 10.4. The minimum atomic E-state index is -2.55. The molecule has 1 rings (SSSR count). The van der Waals surface area contributed by atoms with Gasteiger partial charge in [-0.2, -0.15) is 0 Å². The summed E-state index contributed by atoms with van der Waals surface area (Å²) < 4.78 is 33.0. The molecular weight excluding hydrogens is 167 g/mol. The molecule has 0 aliphatic rings. The summed E-state index contributed by atoms with van der Waals surface area (Å²) in [4.78, 5) is 0. The monoisotopic (exact) mass is 173 g/mol. The van der Waals surface area contributed by atoms with Crippen molar-refractivity contribution >= 4 is 10.7 Å². The summed E-state index contributed by atoms with van der Waals surface area (Å²) in [6, 6.07) is 6.51. The molecule has 4 heteroatoms. The number of hydrogen-bond donors (Lipinski definition) is 1. The standard InChI is InChI=1S/C7H6FO2S/c8-7-4-2-1-3-6(7)5-11(9)10/h1,3-4,11H,5H2. The number of halogens is 1. The second-order valence-corrected chi connectivity index (χ2v) is 2.99. The van der Waals surface area contributed by atoms with Crippen molar-refractivity contribution in [3.8, 4) is 0 Å². The zero-order valence-corrected chi connectivity index (χ0v) is 6.48. The van der Waals surface area contributed by atoms with Crippen LogP contribution in [0.1, 0.15) is 5.56 Å². The van der Waals surface area contributed by atoms with Gasteiger partial charge in [0.15, 0.2) is 0 Å². The van der Waals surface area contributed by atoms with E-state index in [-0.39, 0.29) is 11.3 Å². The fraction of sp³-hybridized carbons (Fsp3) is 0.143. The van der Waals surface area contributed by atoms with Gasteiger partial charge in [-0.15, -0.1) is 0 Å². The molecule has 0 fully saturated rings. The molecule has 0 heterocycles. The van der Waals surface area contributed by atoms with Gasteiger partial charge >= 0.3 is 0 Å². The molecule has 0 atom stereocenters. The van der Waals surface area contributed by atoms with Gasteiger partial charge in [0.2, 0.25) is 0 Å². The average molecular weight is 173 g/mol. The molecule has 11 heavy (non-hydrogen) atoms. The van der Waals surface area contributed by atoms with E-state index < -0.39 is 16.5 Å². The molecule has 0 aliphatic heterocycles. The van der Waals surface area contributed by atoms with Crippen molar-refractivity contribution in [3.63, 3.8) is 0 Å². The lowest BCUT2D eigenvalue weighted by atomic mass is 10.2.